The van der Waals surface area contributed by atoms with E-state index in [9.17, 15) is 10.1 Å². The van der Waals surface area contributed by atoms with Gasteiger partial charge in [0.1, 0.15) is 5.69 Å². The van der Waals surface area contributed by atoms with Crippen LogP contribution in [0.2, 0.25) is 0 Å². The Hall–Kier alpha value is -1.24. The number of hydrogen-bond acceptors (Lipinski definition) is 5. The van der Waals surface area contributed by atoms with Crippen LogP contribution in [0.1, 0.15) is 31.9 Å². The summed E-state index contributed by atoms with van der Waals surface area (Å²) in [5, 5.41) is 18.8. The summed E-state index contributed by atoms with van der Waals surface area (Å²) in [5.41, 5.74) is 0.737. The minimum atomic E-state index is -0.308. The molecule has 1 fully saturated rings. The van der Waals surface area contributed by atoms with Crippen molar-refractivity contribution < 1.29 is 4.92 Å². The Labute approximate surface area is 123 Å². The van der Waals surface area contributed by atoms with E-state index in [4.69, 9.17) is 0 Å². The smallest absolute Gasteiger partial charge is 0.333 e. The summed E-state index contributed by atoms with van der Waals surface area (Å²) in [4.78, 5) is 11.0. The zero-order valence-corrected chi connectivity index (χ0v) is 12.9. The third-order valence-corrected chi connectivity index (χ3v) is 4.71. The monoisotopic (exact) mass is 298 g/mol. The highest BCUT2D eigenvalue weighted by molar-refractivity contribution is 7.99. The van der Waals surface area contributed by atoms with Crippen LogP contribution in [0, 0.1) is 16.0 Å². The molecule has 1 aliphatic rings. The maximum absolute atomic E-state index is 11.3. The average Bonchev–Trinajstić information content (AvgIpc) is 2.74. The van der Waals surface area contributed by atoms with Crippen molar-refractivity contribution in [3.8, 4) is 0 Å². The van der Waals surface area contributed by atoms with E-state index in [1.807, 2.05) is 18.7 Å². The highest BCUT2D eigenvalue weighted by atomic mass is 32.2. The lowest BCUT2D eigenvalue weighted by molar-refractivity contribution is -0.384. The number of nitrogens with zero attached hydrogens (tertiary/aromatic N) is 3. The van der Waals surface area contributed by atoms with Crippen molar-refractivity contribution in [1.82, 2.24) is 9.78 Å². The average molecular weight is 298 g/mol. The van der Waals surface area contributed by atoms with Gasteiger partial charge in [0.2, 0.25) is 5.82 Å². The summed E-state index contributed by atoms with van der Waals surface area (Å²) in [6.45, 7) is 2.80. The Morgan fingerprint density at radius 1 is 1.50 bits per heavy atom. The molecule has 20 heavy (non-hydrogen) atoms. The molecule has 112 valence electrons. The Kier molecular flexibility index (Phi) is 5.28. The second kappa shape index (κ2) is 6.97. The summed E-state index contributed by atoms with van der Waals surface area (Å²) in [6, 6.07) is 0. The molecule has 0 radical (unpaired) electrons. The Balaban J connectivity index is 2.11. The standard InChI is InChI=1S/C13H22N4O2S/c1-3-4-11-12(17(18)19)13(16(2)15-11)14-9-10-5-7-20-8-6-10/h10,14H,3-9H2,1-2H3. The molecule has 0 unspecified atom stereocenters. The molecule has 0 spiro atoms. The normalized spacial score (nSPS) is 16.3. The molecule has 0 saturated carbocycles. The maximum atomic E-state index is 11.3. The van der Waals surface area contributed by atoms with Gasteiger partial charge in [-0.15, -0.1) is 0 Å². The third-order valence-electron chi connectivity index (χ3n) is 3.66. The van der Waals surface area contributed by atoms with Crippen LogP contribution in [0.3, 0.4) is 0 Å². The highest BCUT2D eigenvalue weighted by Crippen LogP contribution is 2.30. The molecule has 2 rings (SSSR count). The molecule has 0 atom stereocenters. The fourth-order valence-electron chi connectivity index (χ4n) is 2.56. The second-order valence-corrected chi connectivity index (χ2v) is 6.44. The topological polar surface area (TPSA) is 73.0 Å². The van der Waals surface area contributed by atoms with Crippen LogP contribution in [0.25, 0.3) is 0 Å². The van der Waals surface area contributed by atoms with Crippen LogP contribution in [0.4, 0.5) is 11.5 Å². The number of nitro groups is 1. The first-order valence-corrected chi connectivity index (χ1v) is 8.30. The van der Waals surface area contributed by atoms with Crippen LogP contribution in [0.5, 0.6) is 0 Å². The molecule has 0 aliphatic carbocycles. The number of nitrogens with one attached hydrogen (secondary N) is 1. The fraction of sp³-hybridized carbons (Fsp3) is 0.769. The number of hydrogen-bond donors (Lipinski definition) is 1. The predicted molar refractivity (Wildman–Crippen MR) is 82.4 cm³/mol. The molecule has 1 aromatic heterocycles. The van der Waals surface area contributed by atoms with E-state index in [0.29, 0.717) is 23.9 Å². The lowest BCUT2D eigenvalue weighted by Gasteiger charge is -2.21. The first kappa shape index (κ1) is 15.2. The first-order chi connectivity index (χ1) is 9.63. The predicted octanol–water partition coefficient (Wildman–Crippen LogP) is 2.84. The Morgan fingerprint density at radius 3 is 2.80 bits per heavy atom. The Morgan fingerprint density at radius 2 is 2.20 bits per heavy atom. The summed E-state index contributed by atoms with van der Waals surface area (Å²) in [6.07, 6.45) is 3.87. The number of thioether (sulfide) groups is 1. The molecule has 1 aliphatic heterocycles. The van der Waals surface area contributed by atoms with Gasteiger partial charge >= 0.3 is 5.69 Å². The van der Waals surface area contributed by atoms with Gasteiger partial charge < -0.3 is 5.32 Å². The van der Waals surface area contributed by atoms with E-state index < -0.39 is 0 Å². The molecule has 2 heterocycles. The van der Waals surface area contributed by atoms with Gasteiger partial charge in [-0.2, -0.15) is 16.9 Å². The quantitative estimate of drug-likeness (QED) is 0.646. The van der Waals surface area contributed by atoms with Gasteiger partial charge in [0.15, 0.2) is 0 Å². The summed E-state index contributed by atoms with van der Waals surface area (Å²) in [5.74, 6) is 3.55. The minimum absolute atomic E-state index is 0.152. The molecule has 1 aromatic rings. The molecule has 7 heteroatoms. The van der Waals surface area contributed by atoms with Gasteiger partial charge in [-0.05, 0) is 36.7 Å². The SMILES string of the molecule is CCCc1nn(C)c(NCC2CCSCC2)c1[N+](=O)[O-]. The van der Waals surface area contributed by atoms with Gasteiger partial charge in [-0.25, -0.2) is 4.68 Å². The lowest BCUT2D eigenvalue weighted by Crippen LogP contribution is -2.20. The van der Waals surface area contributed by atoms with Gasteiger partial charge in [0.05, 0.1) is 4.92 Å². The number of rotatable bonds is 6. The van der Waals surface area contributed by atoms with Crippen molar-refractivity contribution in [1.29, 1.82) is 0 Å². The van der Waals surface area contributed by atoms with Crippen LogP contribution in [-0.2, 0) is 13.5 Å². The molecular formula is C13H22N4O2S. The second-order valence-electron chi connectivity index (χ2n) is 5.21. The van der Waals surface area contributed by atoms with Crippen molar-refractivity contribution in [2.45, 2.75) is 32.6 Å². The van der Waals surface area contributed by atoms with Crippen molar-refractivity contribution in [3.05, 3.63) is 15.8 Å². The van der Waals surface area contributed by atoms with E-state index in [1.54, 1.807) is 11.7 Å². The molecular weight excluding hydrogens is 276 g/mol. The summed E-state index contributed by atoms with van der Waals surface area (Å²) >= 11 is 1.99. The molecule has 1 N–H and O–H groups in total. The zero-order valence-electron chi connectivity index (χ0n) is 12.1. The van der Waals surface area contributed by atoms with E-state index in [1.165, 1.54) is 24.3 Å². The molecule has 6 nitrogen and oxygen atoms in total. The van der Waals surface area contributed by atoms with Crippen LogP contribution in [-0.4, -0.2) is 32.8 Å². The van der Waals surface area contributed by atoms with E-state index in [0.717, 1.165) is 13.0 Å². The van der Waals surface area contributed by atoms with Crippen molar-refractivity contribution >= 4 is 23.3 Å². The van der Waals surface area contributed by atoms with Crippen LogP contribution < -0.4 is 5.32 Å². The van der Waals surface area contributed by atoms with Crippen molar-refractivity contribution in [3.63, 3.8) is 0 Å². The maximum Gasteiger partial charge on any atom is 0.333 e. The largest absolute Gasteiger partial charge is 0.364 e. The van der Waals surface area contributed by atoms with Gasteiger partial charge in [-0.1, -0.05) is 13.3 Å². The molecule has 0 aromatic carbocycles. The fourth-order valence-corrected chi connectivity index (χ4v) is 3.76. The highest BCUT2D eigenvalue weighted by Gasteiger charge is 2.26. The summed E-state index contributed by atoms with van der Waals surface area (Å²) in [7, 11) is 1.77. The minimum Gasteiger partial charge on any atom is -0.364 e. The number of aryl methyl sites for hydroxylation is 2. The van der Waals surface area contributed by atoms with Gasteiger partial charge in [0, 0.05) is 13.6 Å². The number of anilines is 1. The van der Waals surface area contributed by atoms with Crippen LogP contribution in [0.15, 0.2) is 0 Å². The van der Waals surface area contributed by atoms with E-state index in [2.05, 4.69) is 10.4 Å². The Bertz CT molecular complexity index is 469. The first-order valence-electron chi connectivity index (χ1n) is 7.15. The van der Waals surface area contributed by atoms with E-state index in [-0.39, 0.29) is 10.6 Å². The van der Waals surface area contributed by atoms with Crippen LogP contribution >= 0.6 is 11.8 Å². The third kappa shape index (κ3) is 3.45. The van der Waals surface area contributed by atoms with E-state index >= 15 is 0 Å². The summed E-state index contributed by atoms with van der Waals surface area (Å²) < 4.78 is 1.61. The van der Waals surface area contributed by atoms with Crippen molar-refractivity contribution in [2.24, 2.45) is 13.0 Å². The zero-order chi connectivity index (χ0) is 14.5. The van der Waals surface area contributed by atoms with Crippen molar-refractivity contribution in [2.75, 3.05) is 23.4 Å². The van der Waals surface area contributed by atoms with Gasteiger partial charge in [-0.3, -0.25) is 10.1 Å². The molecule has 0 bridgehead atoms. The van der Waals surface area contributed by atoms with Gasteiger partial charge in [0.25, 0.3) is 0 Å². The molecule has 0 amide bonds. The lowest BCUT2D eigenvalue weighted by atomic mass is 10.0. The number of aromatic nitrogens is 2. The molecule has 1 saturated heterocycles.